The fraction of sp³-hybridized carbons (Fsp3) is 0.0769. The minimum absolute atomic E-state index is 0.126. The smallest absolute Gasteiger partial charge is 0.268 e. The van der Waals surface area contributed by atoms with Crippen molar-refractivity contribution in [3.8, 4) is 0 Å². The van der Waals surface area contributed by atoms with Crippen LogP contribution in [0, 0.1) is 5.82 Å². The summed E-state index contributed by atoms with van der Waals surface area (Å²) in [5.74, 6) is 0.595. The topological polar surface area (TPSA) is 71.8 Å². The van der Waals surface area contributed by atoms with Crippen LogP contribution in [0.1, 0.15) is 5.82 Å². The standard InChI is InChI=1S/C13H10FN3OS2/c14-8-5-7(1-2-9(8)15)20-6-11-16-10-3-4-19-12(10)13(18)17-11/h1-5H,6,15H2,(H,16,17,18). The molecule has 0 amide bonds. The molecule has 0 aliphatic heterocycles. The molecule has 20 heavy (non-hydrogen) atoms. The maximum atomic E-state index is 13.3. The second-order valence-corrected chi connectivity index (χ2v) is 6.08. The van der Waals surface area contributed by atoms with Crippen molar-refractivity contribution in [1.29, 1.82) is 0 Å². The molecule has 0 atom stereocenters. The number of aromatic nitrogens is 2. The number of anilines is 1. The highest BCUT2D eigenvalue weighted by Crippen LogP contribution is 2.24. The molecule has 3 aromatic rings. The highest BCUT2D eigenvalue weighted by molar-refractivity contribution is 7.98. The van der Waals surface area contributed by atoms with Crippen LogP contribution >= 0.6 is 23.1 Å². The normalized spacial score (nSPS) is 11.1. The average molecular weight is 307 g/mol. The molecule has 0 saturated heterocycles. The Balaban J connectivity index is 1.82. The molecule has 4 nitrogen and oxygen atoms in total. The fourth-order valence-electron chi connectivity index (χ4n) is 1.74. The van der Waals surface area contributed by atoms with Crippen molar-refractivity contribution in [2.45, 2.75) is 10.6 Å². The van der Waals surface area contributed by atoms with Crippen LogP contribution in [-0.2, 0) is 5.75 Å². The van der Waals surface area contributed by atoms with Gasteiger partial charge >= 0.3 is 0 Å². The van der Waals surface area contributed by atoms with E-state index in [0.29, 0.717) is 21.8 Å². The lowest BCUT2D eigenvalue weighted by atomic mass is 10.3. The third-order valence-corrected chi connectivity index (χ3v) is 4.62. The van der Waals surface area contributed by atoms with Crippen LogP contribution in [0.5, 0.6) is 0 Å². The van der Waals surface area contributed by atoms with E-state index in [2.05, 4.69) is 9.97 Å². The van der Waals surface area contributed by atoms with Gasteiger partial charge in [0.1, 0.15) is 16.3 Å². The van der Waals surface area contributed by atoms with Gasteiger partial charge < -0.3 is 10.7 Å². The monoisotopic (exact) mass is 307 g/mol. The van der Waals surface area contributed by atoms with Crippen molar-refractivity contribution >= 4 is 39.0 Å². The lowest BCUT2D eigenvalue weighted by Crippen LogP contribution is -2.09. The number of fused-ring (bicyclic) bond motifs is 1. The molecule has 3 N–H and O–H groups in total. The molecule has 7 heteroatoms. The summed E-state index contributed by atoms with van der Waals surface area (Å²) in [6.07, 6.45) is 0. The van der Waals surface area contributed by atoms with Gasteiger partial charge in [0, 0.05) is 4.90 Å². The van der Waals surface area contributed by atoms with Gasteiger partial charge in [0.25, 0.3) is 5.56 Å². The molecule has 2 aromatic heterocycles. The van der Waals surface area contributed by atoms with E-state index in [1.54, 1.807) is 6.07 Å². The molecule has 0 radical (unpaired) electrons. The molecule has 3 rings (SSSR count). The second-order valence-electron chi connectivity index (χ2n) is 4.12. The Morgan fingerprint density at radius 1 is 1.40 bits per heavy atom. The summed E-state index contributed by atoms with van der Waals surface area (Å²) in [6, 6.07) is 6.45. The first-order valence-electron chi connectivity index (χ1n) is 5.78. The SMILES string of the molecule is Nc1ccc(SCc2nc3ccsc3c(=O)[nH]2)cc1F. The van der Waals surface area contributed by atoms with Gasteiger partial charge in [-0.2, -0.15) is 0 Å². The number of nitrogen functional groups attached to an aromatic ring is 1. The molecule has 0 saturated carbocycles. The predicted molar refractivity (Wildman–Crippen MR) is 80.6 cm³/mol. The van der Waals surface area contributed by atoms with Crippen molar-refractivity contribution in [3.05, 3.63) is 51.6 Å². The Labute approximate surface area is 121 Å². The summed E-state index contributed by atoms with van der Waals surface area (Å²) in [5, 5.41) is 1.83. The largest absolute Gasteiger partial charge is 0.396 e. The van der Waals surface area contributed by atoms with Gasteiger partial charge in [0.15, 0.2) is 0 Å². The number of thiophene rings is 1. The van der Waals surface area contributed by atoms with Crippen molar-refractivity contribution in [3.63, 3.8) is 0 Å². The number of H-pyrrole nitrogens is 1. The summed E-state index contributed by atoms with van der Waals surface area (Å²) in [7, 11) is 0. The first kappa shape index (κ1) is 13.1. The van der Waals surface area contributed by atoms with Gasteiger partial charge in [0.2, 0.25) is 0 Å². The Hall–Kier alpha value is -1.86. The third kappa shape index (κ3) is 2.54. The van der Waals surface area contributed by atoms with Gasteiger partial charge in [-0.05, 0) is 29.6 Å². The zero-order chi connectivity index (χ0) is 14.1. The van der Waals surface area contributed by atoms with Gasteiger partial charge in [0.05, 0.1) is 17.0 Å². The van der Waals surface area contributed by atoms with Crippen LogP contribution in [0.4, 0.5) is 10.1 Å². The average Bonchev–Trinajstić information content (AvgIpc) is 2.89. The first-order valence-corrected chi connectivity index (χ1v) is 7.64. The van der Waals surface area contributed by atoms with E-state index in [-0.39, 0.29) is 11.2 Å². The summed E-state index contributed by atoms with van der Waals surface area (Å²) in [5.41, 5.74) is 6.11. The number of rotatable bonds is 3. The Morgan fingerprint density at radius 3 is 3.05 bits per heavy atom. The minimum atomic E-state index is -0.440. The molecular formula is C13H10FN3OS2. The molecule has 0 spiro atoms. The van der Waals surface area contributed by atoms with E-state index in [1.807, 2.05) is 11.4 Å². The fourth-order valence-corrected chi connectivity index (χ4v) is 3.26. The van der Waals surface area contributed by atoms with E-state index >= 15 is 0 Å². The highest BCUT2D eigenvalue weighted by Gasteiger charge is 2.06. The van der Waals surface area contributed by atoms with Crippen LogP contribution in [-0.4, -0.2) is 9.97 Å². The zero-order valence-electron chi connectivity index (χ0n) is 10.2. The van der Waals surface area contributed by atoms with E-state index < -0.39 is 5.82 Å². The predicted octanol–water partition coefficient (Wildman–Crippen LogP) is 3.00. The minimum Gasteiger partial charge on any atom is -0.396 e. The van der Waals surface area contributed by atoms with Gasteiger partial charge in [-0.25, -0.2) is 9.37 Å². The second kappa shape index (κ2) is 5.26. The molecular weight excluding hydrogens is 297 g/mol. The zero-order valence-corrected chi connectivity index (χ0v) is 11.9. The molecule has 0 unspecified atom stereocenters. The molecule has 0 fully saturated rings. The van der Waals surface area contributed by atoms with Crippen molar-refractivity contribution in [2.75, 3.05) is 5.73 Å². The number of nitrogens with two attached hydrogens (primary N) is 1. The highest BCUT2D eigenvalue weighted by atomic mass is 32.2. The summed E-state index contributed by atoms with van der Waals surface area (Å²) in [4.78, 5) is 19.6. The third-order valence-electron chi connectivity index (χ3n) is 2.71. The number of hydrogen-bond acceptors (Lipinski definition) is 5. The quantitative estimate of drug-likeness (QED) is 0.576. The number of benzene rings is 1. The van der Waals surface area contributed by atoms with Crippen LogP contribution < -0.4 is 11.3 Å². The van der Waals surface area contributed by atoms with E-state index in [0.717, 1.165) is 4.90 Å². The van der Waals surface area contributed by atoms with Crippen LogP contribution in [0.25, 0.3) is 10.2 Å². The Kier molecular flexibility index (Phi) is 3.45. The summed E-state index contributed by atoms with van der Waals surface area (Å²) >= 11 is 2.76. The molecule has 1 aromatic carbocycles. The molecule has 102 valence electrons. The first-order chi connectivity index (χ1) is 9.63. The molecule has 2 heterocycles. The van der Waals surface area contributed by atoms with Crippen LogP contribution in [0.3, 0.4) is 0 Å². The molecule has 0 aliphatic rings. The Morgan fingerprint density at radius 2 is 2.25 bits per heavy atom. The van der Waals surface area contributed by atoms with Gasteiger partial charge in [-0.15, -0.1) is 23.1 Å². The number of halogens is 1. The number of aromatic amines is 1. The summed E-state index contributed by atoms with van der Waals surface area (Å²) in [6.45, 7) is 0. The van der Waals surface area contributed by atoms with E-state index in [1.165, 1.54) is 35.2 Å². The summed E-state index contributed by atoms with van der Waals surface area (Å²) < 4.78 is 13.9. The molecule has 0 bridgehead atoms. The van der Waals surface area contributed by atoms with Gasteiger partial charge in [-0.1, -0.05) is 0 Å². The number of thioether (sulfide) groups is 1. The number of nitrogens with zero attached hydrogens (tertiary/aromatic N) is 1. The lowest BCUT2D eigenvalue weighted by molar-refractivity contribution is 0.629. The van der Waals surface area contributed by atoms with Crippen molar-refractivity contribution in [1.82, 2.24) is 9.97 Å². The molecule has 0 aliphatic carbocycles. The maximum absolute atomic E-state index is 13.3. The van der Waals surface area contributed by atoms with E-state index in [4.69, 9.17) is 5.73 Å². The van der Waals surface area contributed by atoms with Crippen molar-refractivity contribution in [2.24, 2.45) is 0 Å². The van der Waals surface area contributed by atoms with Crippen LogP contribution in [0.15, 0.2) is 39.3 Å². The Bertz CT molecular complexity index is 828. The van der Waals surface area contributed by atoms with Crippen LogP contribution in [0.2, 0.25) is 0 Å². The number of hydrogen-bond donors (Lipinski definition) is 2. The number of nitrogens with one attached hydrogen (secondary N) is 1. The van der Waals surface area contributed by atoms with Gasteiger partial charge in [-0.3, -0.25) is 4.79 Å². The van der Waals surface area contributed by atoms with E-state index in [9.17, 15) is 9.18 Å². The lowest BCUT2D eigenvalue weighted by Gasteiger charge is -2.03. The maximum Gasteiger partial charge on any atom is 0.268 e. The van der Waals surface area contributed by atoms with Crippen molar-refractivity contribution < 1.29 is 4.39 Å².